The van der Waals surface area contributed by atoms with E-state index >= 15 is 0 Å². The Hall–Kier alpha value is -0.0800. The highest BCUT2D eigenvalue weighted by atomic mass is 16.5. The highest BCUT2D eigenvalue weighted by Gasteiger charge is 2.10. The van der Waals surface area contributed by atoms with Gasteiger partial charge in [0, 0.05) is 13.2 Å². The predicted octanol–water partition coefficient (Wildman–Crippen LogP) is 3.86. The van der Waals surface area contributed by atoms with E-state index in [-0.39, 0.29) is 0 Å². The van der Waals surface area contributed by atoms with Crippen LogP contribution in [0.25, 0.3) is 0 Å². The first-order chi connectivity index (χ1) is 8.20. The molecule has 0 spiro atoms. The highest BCUT2D eigenvalue weighted by Crippen LogP contribution is 2.14. The van der Waals surface area contributed by atoms with Crippen LogP contribution in [0.4, 0.5) is 0 Å². The maximum atomic E-state index is 5.66. The lowest BCUT2D eigenvalue weighted by molar-refractivity contribution is 0.114. The zero-order valence-corrected chi connectivity index (χ0v) is 12.4. The summed E-state index contributed by atoms with van der Waals surface area (Å²) in [6.45, 7) is 13.2. The molecule has 0 fully saturated rings. The molecule has 0 heterocycles. The van der Waals surface area contributed by atoms with Crippen molar-refractivity contribution in [2.24, 2.45) is 11.8 Å². The van der Waals surface area contributed by atoms with Crippen molar-refractivity contribution >= 4 is 0 Å². The Morgan fingerprint density at radius 3 is 2.41 bits per heavy atom. The lowest BCUT2D eigenvalue weighted by Gasteiger charge is -2.19. The van der Waals surface area contributed by atoms with Gasteiger partial charge in [-0.15, -0.1) is 0 Å². The number of nitrogens with one attached hydrogen (secondary N) is 1. The summed E-state index contributed by atoms with van der Waals surface area (Å²) in [5, 5.41) is 3.54. The third-order valence-electron chi connectivity index (χ3n) is 2.98. The van der Waals surface area contributed by atoms with Gasteiger partial charge in [0.25, 0.3) is 0 Å². The number of hydrogen-bond acceptors (Lipinski definition) is 2. The van der Waals surface area contributed by atoms with Crippen molar-refractivity contribution in [3.8, 4) is 0 Å². The second-order valence-electron chi connectivity index (χ2n) is 5.45. The number of rotatable bonds is 12. The van der Waals surface area contributed by atoms with Gasteiger partial charge in [-0.2, -0.15) is 0 Å². The van der Waals surface area contributed by atoms with Crippen molar-refractivity contribution in [3.05, 3.63) is 0 Å². The summed E-state index contributed by atoms with van der Waals surface area (Å²) in [6, 6.07) is 0. The Balaban J connectivity index is 3.61. The molecule has 2 nitrogen and oxygen atoms in total. The standard InChI is InChI=1S/C15H33NO/c1-5-7-10-17-11-8-15(12-14(3)4)13-16-9-6-2/h14-16H,5-13H2,1-4H3. The van der Waals surface area contributed by atoms with E-state index in [2.05, 4.69) is 33.0 Å². The van der Waals surface area contributed by atoms with Crippen LogP contribution < -0.4 is 5.32 Å². The SMILES string of the molecule is CCCCOCCC(CNCCC)CC(C)C. The molecule has 0 saturated heterocycles. The van der Waals surface area contributed by atoms with Crippen molar-refractivity contribution in [2.75, 3.05) is 26.3 Å². The lowest BCUT2D eigenvalue weighted by Crippen LogP contribution is -2.25. The summed E-state index contributed by atoms with van der Waals surface area (Å²) in [7, 11) is 0. The molecule has 0 aromatic rings. The minimum absolute atomic E-state index is 0.781. The average molecular weight is 243 g/mol. The molecular weight excluding hydrogens is 210 g/mol. The van der Waals surface area contributed by atoms with E-state index in [1.807, 2.05) is 0 Å². The molecule has 1 atom stereocenters. The van der Waals surface area contributed by atoms with Crippen LogP contribution in [-0.4, -0.2) is 26.3 Å². The van der Waals surface area contributed by atoms with Crippen LogP contribution in [0.15, 0.2) is 0 Å². The molecule has 0 aliphatic carbocycles. The summed E-state index contributed by atoms with van der Waals surface area (Å²) in [6.07, 6.45) is 6.17. The van der Waals surface area contributed by atoms with Crippen molar-refractivity contribution in [1.82, 2.24) is 5.32 Å². The molecule has 2 heteroatoms. The van der Waals surface area contributed by atoms with Gasteiger partial charge in [-0.25, -0.2) is 0 Å². The van der Waals surface area contributed by atoms with E-state index in [0.29, 0.717) is 0 Å². The van der Waals surface area contributed by atoms with Gasteiger partial charge in [0.15, 0.2) is 0 Å². The average Bonchev–Trinajstić information content (AvgIpc) is 2.28. The molecule has 0 radical (unpaired) electrons. The Morgan fingerprint density at radius 1 is 1.06 bits per heavy atom. The predicted molar refractivity (Wildman–Crippen MR) is 76.4 cm³/mol. The van der Waals surface area contributed by atoms with E-state index in [4.69, 9.17) is 4.74 Å². The van der Waals surface area contributed by atoms with Crippen LogP contribution in [-0.2, 0) is 4.74 Å². The molecular formula is C15H33NO. The quantitative estimate of drug-likeness (QED) is 0.526. The monoisotopic (exact) mass is 243 g/mol. The normalized spacial score (nSPS) is 13.2. The van der Waals surface area contributed by atoms with Crippen LogP contribution in [0, 0.1) is 11.8 Å². The van der Waals surface area contributed by atoms with E-state index in [1.165, 1.54) is 32.1 Å². The van der Waals surface area contributed by atoms with Crippen LogP contribution >= 0.6 is 0 Å². The Labute approximate surface area is 109 Å². The fourth-order valence-corrected chi connectivity index (χ4v) is 2.05. The third-order valence-corrected chi connectivity index (χ3v) is 2.98. The zero-order chi connectivity index (χ0) is 12.9. The minimum atomic E-state index is 0.781. The first-order valence-electron chi connectivity index (χ1n) is 7.49. The van der Waals surface area contributed by atoms with E-state index in [0.717, 1.165) is 38.1 Å². The van der Waals surface area contributed by atoms with E-state index in [9.17, 15) is 0 Å². The summed E-state index contributed by atoms with van der Waals surface area (Å²) >= 11 is 0. The molecule has 17 heavy (non-hydrogen) atoms. The molecule has 104 valence electrons. The molecule has 0 amide bonds. The van der Waals surface area contributed by atoms with Crippen LogP contribution in [0.1, 0.15) is 59.8 Å². The smallest absolute Gasteiger partial charge is 0.0469 e. The molecule has 0 aliphatic rings. The summed E-state index contributed by atoms with van der Waals surface area (Å²) < 4.78 is 5.66. The van der Waals surface area contributed by atoms with Crippen molar-refractivity contribution in [2.45, 2.75) is 59.8 Å². The van der Waals surface area contributed by atoms with Crippen molar-refractivity contribution in [3.63, 3.8) is 0 Å². The molecule has 0 aliphatic heterocycles. The highest BCUT2D eigenvalue weighted by molar-refractivity contribution is 4.64. The maximum absolute atomic E-state index is 5.66. The van der Waals surface area contributed by atoms with Crippen molar-refractivity contribution < 1.29 is 4.74 Å². The third kappa shape index (κ3) is 12.2. The van der Waals surface area contributed by atoms with Gasteiger partial charge < -0.3 is 10.1 Å². The molecule has 1 unspecified atom stereocenters. The van der Waals surface area contributed by atoms with E-state index < -0.39 is 0 Å². The zero-order valence-electron chi connectivity index (χ0n) is 12.4. The second-order valence-corrected chi connectivity index (χ2v) is 5.45. The Morgan fingerprint density at radius 2 is 1.82 bits per heavy atom. The van der Waals surface area contributed by atoms with Crippen LogP contribution in [0.2, 0.25) is 0 Å². The first kappa shape index (κ1) is 16.9. The van der Waals surface area contributed by atoms with E-state index in [1.54, 1.807) is 0 Å². The lowest BCUT2D eigenvalue weighted by atomic mass is 9.94. The van der Waals surface area contributed by atoms with Gasteiger partial charge in [-0.3, -0.25) is 0 Å². The fourth-order valence-electron chi connectivity index (χ4n) is 2.05. The molecule has 0 aromatic carbocycles. The molecule has 0 aromatic heterocycles. The van der Waals surface area contributed by atoms with Crippen molar-refractivity contribution in [1.29, 1.82) is 0 Å². The summed E-state index contributed by atoms with van der Waals surface area (Å²) in [5.41, 5.74) is 0. The summed E-state index contributed by atoms with van der Waals surface area (Å²) in [5.74, 6) is 1.57. The topological polar surface area (TPSA) is 21.3 Å². The Bertz CT molecular complexity index is 148. The summed E-state index contributed by atoms with van der Waals surface area (Å²) in [4.78, 5) is 0. The van der Waals surface area contributed by atoms with Gasteiger partial charge in [0.1, 0.15) is 0 Å². The molecule has 1 N–H and O–H groups in total. The first-order valence-corrected chi connectivity index (χ1v) is 7.49. The molecule has 0 rings (SSSR count). The number of unbranched alkanes of at least 4 members (excludes halogenated alkanes) is 1. The maximum Gasteiger partial charge on any atom is 0.0469 e. The molecule has 0 bridgehead atoms. The van der Waals surface area contributed by atoms with Gasteiger partial charge in [0.05, 0.1) is 0 Å². The van der Waals surface area contributed by atoms with Gasteiger partial charge >= 0.3 is 0 Å². The van der Waals surface area contributed by atoms with Gasteiger partial charge in [0.2, 0.25) is 0 Å². The van der Waals surface area contributed by atoms with Crippen LogP contribution in [0.3, 0.4) is 0 Å². The fraction of sp³-hybridized carbons (Fsp3) is 1.00. The van der Waals surface area contributed by atoms with Crippen LogP contribution in [0.5, 0.6) is 0 Å². The van der Waals surface area contributed by atoms with Gasteiger partial charge in [-0.1, -0.05) is 34.1 Å². The van der Waals surface area contributed by atoms with Gasteiger partial charge in [-0.05, 0) is 50.6 Å². The number of ether oxygens (including phenoxy) is 1. The number of hydrogen-bond donors (Lipinski definition) is 1. The molecule has 0 saturated carbocycles. The Kier molecular flexibility index (Phi) is 12.3. The second kappa shape index (κ2) is 12.4. The largest absolute Gasteiger partial charge is 0.381 e. The minimum Gasteiger partial charge on any atom is -0.381 e.